The van der Waals surface area contributed by atoms with Gasteiger partial charge in [0, 0.05) is 18.5 Å². The molecule has 0 saturated carbocycles. The predicted octanol–water partition coefficient (Wildman–Crippen LogP) is 5.04. The van der Waals surface area contributed by atoms with Crippen molar-refractivity contribution in [3.8, 4) is 5.75 Å². The fourth-order valence-corrected chi connectivity index (χ4v) is 2.61. The lowest BCUT2D eigenvalue weighted by atomic mass is 10.2. The van der Waals surface area contributed by atoms with Crippen LogP contribution in [0.1, 0.15) is 38.2 Å². The zero-order chi connectivity index (χ0) is 21.1. The summed E-state index contributed by atoms with van der Waals surface area (Å²) in [5.41, 5.74) is 3.86. The standard InChI is InChI=1S/C21H23Cl2N3O3/c1-2-12-29-17-9-6-15(7-10-17)14-24-26-21(28)5-3-4-20(27)25-16-8-11-18(22)19(23)13-16/h6-11,13-14H,2-5,12H2,1H3,(H,25,27)(H,26,28)/b24-14-. The molecule has 0 aliphatic heterocycles. The molecule has 154 valence electrons. The zero-order valence-corrected chi connectivity index (χ0v) is 17.6. The molecule has 6 nitrogen and oxygen atoms in total. The summed E-state index contributed by atoms with van der Waals surface area (Å²) >= 11 is 11.7. The quantitative estimate of drug-likeness (QED) is 0.405. The molecule has 2 aromatic carbocycles. The molecule has 0 saturated heterocycles. The van der Waals surface area contributed by atoms with Crippen LogP contribution in [-0.2, 0) is 9.59 Å². The maximum Gasteiger partial charge on any atom is 0.240 e. The minimum Gasteiger partial charge on any atom is -0.494 e. The highest BCUT2D eigenvalue weighted by Gasteiger charge is 2.06. The first-order valence-corrected chi connectivity index (χ1v) is 10.0. The average molecular weight is 436 g/mol. The summed E-state index contributed by atoms with van der Waals surface area (Å²) in [5.74, 6) is 0.337. The maximum absolute atomic E-state index is 11.9. The number of nitrogens with zero attached hydrogens (tertiary/aromatic N) is 1. The van der Waals surface area contributed by atoms with Gasteiger partial charge in [-0.05, 0) is 60.9 Å². The van der Waals surface area contributed by atoms with Gasteiger partial charge in [-0.15, -0.1) is 0 Å². The lowest BCUT2D eigenvalue weighted by molar-refractivity contribution is -0.121. The lowest BCUT2D eigenvalue weighted by Gasteiger charge is -2.06. The first-order valence-electron chi connectivity index (χ1n) is 9.27. The Balaban J connectivity index is 1.66. The molecule has 2 aromatic rings. The van der Waals surface area contributed by atoms with Crippen molar-refractivity contribution in [2.75, 3.05) is 11.9 Å². The van der Waals surface area contributed by atoms with Crippen LogP contribution in [0.15, 0.2) is 47.6 Å². The van der Waals surface area contributed by atoms with Crippen LogP contribution in [0.25, 0.3) is 0 Å². The Bertz CT molecular complexity index is 855. The second kappa shape index (κ2) is 12.1. The van der Waals surface area contributed by atoms with Crippen molar-refractivity contribution < 1.29 is 14.3 Å². The van der Waals surface area contributed by atoms with Crippen LogP contribution in [-0.4, -0.2) is 24.6 Å². The van der Waals surface area contributed by atoms with E-state index in [2.05, 4.69) is 15.8 Å². The van der Waals surface area contributed by atoms with Crippen molar-refractivity contribution in [1.29, 1.82) is 0 Å². The van der Waals surface area contributed by atoms with Gasteiger partial charge in [-0.3, -0.25) is 9.59 Å². The van der Waals surface area contributed by atoms with E-state index in [4.69, 9.17) is 27.9 Å². The van der Waals surface area contributed by atoms with Crippen molar-refractivity contribution in [3.05, 3.63) is 58.1 Å². The fourth-order valence-electron chi connectivity index (χ4n) is 2.31. The second-order valence-electron chi connectivity index (χ2n) is 6.24. The smallest absolute Gasteiger partial charge is 0.240 e. The van der Waals surface area contributed by atoms with E-state index >= 15 is 0 Å². The maximum atomic E-state index is 11.9. The van der Waals surface area contributed by atoms with Gasteiger partial charge in [0.25, 0.3) is 0 Å². The SMILES string of the molecule is CCCOc1ccc(/C=N\NC(=O)CCCC(=O)Nc2ccc(Cl)c(Cl)c2)cc1. The number of halogens is 2. The predicted molar refractivity (Wildman–Crippen MR) is 117 cm³/mol. The topological polar surface area (TPSA) is 79.8 Å². The fraction of sp³-hybridized carbons (Fsp3) is 0.286. The summed E-state index contributed by atoms with van der Waals surface area (Å²) in [6, 6.07) is 12.3. The Kier molecular flexibility index (Phi) is 9.47. The number of hydrogen-bond donors (Lipinski definition) is 2. The molecule has 2 rings (SSSR count). The van der Waals surface area contributed by atoms with E-state index in [1.165, 1.54) is 0 Å². The van der Waals surface area contributed by atoms with Gasteiger partial charge in [-0.1, -0.05) is 30.1 Å². The minimum absolute atomic E-state index is 0.190. The Morgan fingerprint density at radius 1 is 1.03 bits per heavy atom. The first-order chi connectivity index (χ1) is 14.0. The number of hydrogen-bond acceptors (Lipinski definition) is 4. The summed E-state index contributed by atoms with van der Waals surface area (Å²) in [7, 11) is 0. The molecule has 0 aromatic heterocycles. The molecule has 0 atom stereocenters. The van der Waals surface area contributed by atoms with Crippen LogP contribution in [0, 0.1) is 0 Å². The van der Waals surface area contributed by atoms with Crippen LogP contribution in [0.4, 0.5) is 5.69 Å². The van der Waals surface area contributed by atoms with Gasteiger partial charge in [0.05, 0.1) is 22.9 Å². The third kappa shape index (κ3) is 8.54. The summed E-state index contributed by atoms with van der Waals surface area (Å²) < 4.78 is 5.51. The summed E-state index contributed by atoms with van der Waals surface area (Å²) in [4.78, 5) is 23.7. The first kappa shape index (κ1) is 22.7. The molecular formula is C21H23Cl2N3O3. The van der Waals surface area contributed by atoms with Crippen LogP contribution in [0.5, 0.6) is 5.75 Å². The molecule has 2 N–H and O–H groups in total. The van der Waals surface area contributed by atoms with E-state index in [1.54, 1.807) is 24.4 Å². The molecule has 0 bridgehead atoms. The minimum atomic E-state index is -0.258. The van der Waals surface area contributed by atoms with Crippen molar-refractivity contribution in [3.63, 3.8) is 0 Å². The number of ether oxygens (including phenoxy) is 1. The van der Waals surface area contributed by atoms with E-state index in [1.807, 2.05) is 31.2 Å². The normalized spacial score (nSPS) is 10.7. The number of benzene rings is 2. The number of carbonyl (C=O) groups is 2. The highest BCUT2D eigenvalue weighted by Crippen LogP contribution is 2.25. The van der Waals surface area contributed by atoms with Crippen molar-refractivity contribution in [1.82, 2.24) is 5.43 Å². The number of nitrogens with one attached hydrogen (secondary N) is 2. The molecule has 0 radical (unpaired) electrons. The van der Waals surface area contributed by atoms with E-state index in [-0.39, 0.29) is 24.7 Å². The number of rotatable bonds is 10. The van der Waals surface area contributed by atoms with Gasteiger partial charge in [0.2, 0.25) is 11.8 Å². The zero-order valence-electron chi connectivity index (χ0n) is 16.1. The highest BCUT2D eigenvalue weighted by atomic mass is 35.5. The Labute approximate surface area is 180 Å². The van der Waals surface area contributed by atoms with Crippen molar-refractivity contribution in [2.45, 2.75) is 32.6 Å². The van der Waals surface area contributed by atoms with Gasteiger partial charge in [0.15, 0.2) is 0 Å². The third-order valence-corrected chi connectivity index (χ3v) is 4.51. The van der Waals surface area contributed by atoms with Gasteiger partial charge in [-0.25, -0.2) is 5.43 Å². The van der Waals surface area contributed by atoms with Gasteiger partial charge < -0.3 is 10.1 Å². The summed E-state index contributed by atoms with van der Waals surface area (Å²) in [6.07, 6.45) is 3.30. The van der Waals surface area contributed by atoms with Gasteiger partial charge in [-0.2, -0.15) is 5.10 Å². The number of anilines is 1. The van der Waals surface area contributed by atoms with Crippen LogP contribution < -0.4 is 15.5 Å². The van der Waals surface area contributed by atoms with Crippen LogP contribution >= 0.6 is 23.2 Å². The second-order valence-corrected chi connectivity index (χ2v) is 7.06. The molecule has 2 amide bonds. The molecule has 0 aliphatic rings. The molecule has 29 heavy (non-hydrogen) atoms. The lowest BCUT2D eigenvalue weighted by Crippen LogP contribution is -2.18. The van der Waals surface area contributed by atoms with Gasteiger partial charge >= 0.3 is 0 Å². The van der Waals surface area contributed by atoms with Crippen LogP contribution in [0.2, 0.25) is 10.0 Å². The van der Waals surface area contributed by atoms with E-state index in [9.17, 15) is 9.59 Å². The number of amides is 2. The number of carbonyl (C=O) groups excluding carboxylic acids is 2. The molecule has 0 spiro atoms. The molecule has 8 heteroatoms. The van der Waals surface area contributed by atoms with Crippen LogP contribution in [0.3, 0.4) is 0 Å². The molecule has 0 unspecified atom stereocenters. The van der Waals surface area contributed by atoms with E-state index in [0.29, 0.717) is 28.8 Å². The van der Waals surface area contributed by atoms with Gasteiger partial charge in [0.1, 0.15) is 5.75 Å². The Hall–Kier alpha value is -2.57. The van der Waals surface area contributed by atoms with E-state index in [0.717, 1.165) is 17.7 Å². The summed E-state index contributed by atoms with van der Waals surface area (Å²) in [5, 5.41) is 7.42. The van der Waals surface area contributed by atoms with Crippen molar-refractivity contribution in [2.24, 2.45) is 5.10 Å². The Morgan fingerprint density at radius 3 is 2.45 bits per heavy atom. The molecule has 0 aliphatic carbocycles. The highest BCUT2D eigenvalue weighted by molar-refractivity contribution is 6.42. The monoisotopic (exact) mass is 435 g/mol. The van der Waals surface area contributed by atoms with E-state index < -0.39 is 0 Å². The third-order valence-electron chi connectivity index (χ3n) is 3.77. The largest absolute Gasteiger partial charge is 0.494 e. The average Bonchev–Trinajstić information content (AvgIpc) is 2.70. The molecule has 0 heterocycles. The summed E-state index contributed by atoms with van der Waals surface area (Å²) in [6.45, 7) is 2.72. The van der Waals surface area contributed by atoms with Crippen molar-refractivity contribution >= 4 is 46.9 Å². The number of hydrazone groups is 1. The Morgan fingerprint density at radius 2 is 1.76 bits per heavy atom. The molecular weight excluding hydrogens is 413 g/mol. The molecule has 0 fully saturated rings.